The number of H-pyrrole nitrogens is 1. The van der Waals surface area contributed by atoms with Crippen LogP contribution in [0.4, 0.5) is 10.5 Å². The summed E-state index contributed by atoms with van der Waals surface area (Å²) in [5, 5.41) is 3.99. The molecule has 4 aromatic rings. The average Bonchev–Trinajstić information content (AvgIpc) is 3.69. The summed E-state index contributed by atoms with van der Waals surface area (Å²) >= 11 is 0. The van der Waals surface area contributed by atoms with Gasteiger partial charge in [0.2, 0.25) is 0 Å². The molecule has 40 heavy (non-hydrogen) atoms. The van der Waals surface area contributed by atoms with Crippen molar-refractivity contribution in [3.8, 4) is 0 Å². The van der Waals surface area contributed by atoms with Gasteiger partial charge in [0.05, 0.1) is 11.8 Å². The number of aromatic nitrogens is 1. The highest BCUT2D eigenvalue weighted by Gasteiger charge is 2.53. The number of hydrogen-bond donors (Lipinski definition) is 2. The van der Waals surface area contributed by atoms with E-state index in [4.69, 9.17) is 4.74 Å². The van der Waals surface area contributed by atoms with Crippen LogP contribution in [0, 0.1) is 6.92 Å². The molecule has 8 nitrogen and oxygen atoms in total. The second-order valence-corrected chi connectivity index (χ2v) is 10.9. The van der Waals surface area contributed by atoms with Crippen LogP contribution in [-0.4, -0.2) is 53.0 Å². The summed E-state index contributed by atoms with van der Waals surface area (Å²) in [5.41, 5.74) is 6.01. The number of nitrogens with one attached hydrogen (secondary N) is 2. The molecule has 3 aromatic carbocycles. The van der Waals surface area contributed by atoms with E-state index in [-0.39, 0.29) is 23.9 Å². The third-order valence-electron chi connectivity index (χ3n) is 8.34. The van der Waals surface area contributed by atoms with Gasteiger partial charge in [0.1, 0.15) is 12.1 Å². The average molecular weight is 535 g/mol. The van der Waals surface area contributed by atoms with Crippen molar-refractivity contribution < 1.29 is 19.1 Å². The van der Waals surface area contributed by atoms with E-state index in [0.29, 0.717) is 24.2 Å². The Labute approximate surface area is 231 Å². The maximum absolute atomic E-state index is 14.0. The molecule has 2 unspecified atom stereocenters. The predicted octanol–water partition coefficient (Wildman–Crippen LogP) is 4.87. The van der Waals surface area contributed by atoms with Gasteiger partial charge >= 0.3 is 6.03 Å². The number of aryl methyl sites for hydroxylation is 1. The van der Waals surface area contributed by atoms with Crippen molar-refractivity contribution in [2.24, 2.45) is 0 Å². The number of para-hydroxylation sites is 1. The molecule has 3 aliphatic rings. The van der Waals surface area contributed by atoms with Crippen molar-refractivity contribution in [1.82, 2.24) is 15.2 Å². The number of imide groups is 1. The lowest BCUT2D eigenvalue weighted by Crippen LogP contribution is -2.44. The number of hydrogen-bond acceptors (Lipinski definition) is 4. The highest BCUT2D eigenvalue weighted by atomic mass is 16.5. The zero-order valence-corrected chi connectivity index (χ0v) is 22.2. The quantitative estimate of drug-likeness (QED) is 0.357. The molecule has 0 spiro atoms. The van der Waals surface area contributed by atoms with Crippen molar-refractivity contribution in [2.75, 3.05) is 18.1 Å². The largest absolute Gasteiger partial charge is 0.376 e. The van der Waals surface area contributed by atoms with Crippen LogP contribution in [-0.2, 0) is 16.0 Å². The van der Waals surface area contributed by atoms with Crippen molar-refractivity contribution in [3.05, 3.63) is 101 Å². The maximum atomic E-state index is 14.0. The maximum Gasteiger partial charge on any atom is 0.332 e. The first-order valence-electron chi connectivity index (χ1n) is 13.8. The van der Waals surface area contributed by atoms with E-state index in [2.05, 4.69) is 16.4 Å². The first-order valence-corrected chi connectivity index (χ1v) is 13.8. The van der Waals surface area contributed by atoms with E-state index in [0.717, 1.165) is 52.7 Å². The fraction of sp³-hybridized carbons (Fsp3) is 0.281. The third kappa shape index (κ3) is 3.98. The van der Waals surface area contributed by atoms with Crippen molar-refractivity contribution in [2.45, 2.75) is 44.4 Å². The van der Waals surface area contributed by atoms with Gasteiger partial charge in [-0.05, 0) is 61.2 Å². The van der Waals surface area contributed by atoms with Gasteiger partial charge in [-0.1, -0.05) is 48.0 Å². The molecule has 0 radical (unpaired) electrons. The summed E-state index contributed by atoms with van der Waals surface area (Å²) in [4.78, 5) is 47.1. The number of amides is 4. The summed E-state index contributed by atoms with van der Waals surface area (Å²) in [6, 6.07) is 21.4. The van der Waals surface area contributed by atoms with Crippen molar-refractivity contribution >= 4 is 34.4 Å². The van der Waals surface area contributed by atoms with Gasteiger partial charge in [0.25, 0.3) is 11.8 Å². The van der Waals surface area contributed by atoms with E-state index in [1.807, 2.05) is 49.4 Å². The number of aromatic amines is 1. The monoisotopic (exact) mass is 534 g/mol. The molecule has 0 bridgehead atoms. The van der Waals surface area contributed by atoms with E-state index >= 15 is 0 Å². The molecule has 2 saturated heterocycles. The third-order valence-corrected chi connectivity index (χ3v) is 8.34. The molecule has 8 heteroatoms. The molecule has 202 valence electrons. The molecule has 7 rings (SSSR count). The zero-order valence-electron chi connectivity index (χ0n) is 22.2. The molecule has 3 atom stereocenters. The number of carbonyl (C=O) groups excluding carboxylic acids is 3. The van der Waals surface area contributed by atoms with E-state index < -0.39 is 12.1 Å². The van der Waals surface area contributed by atoms with Gasteiger partial charge < -0.3 is 15.0 Å². The minimum absolute atomic E-state index is 0.0543. The highest BCUT2D eigenvalue weighted by Crippen LogP contribution is 2.44. The fourth-order valence-corrected chi connectivity index (χ4v) is 6.28. The lowest BCUT2D eigenvalue weighted by molar-refractivity contribution is -0.120. The Balaban J connectivity index is 1.21. The summed E-state index contributed by atoms with van der Waals surface area (Å²) in [6.45, 7) is 3.23. The normalized spacial score (nSPS) is 22.1. The van der Waals surface area contributed by atoms with E-state index in [1.54, 1.807) is 29.2 Å². The zero-order chi connectivity index (χ0) is 27.4. The number of rotatable bonds is 5. The lowest BCUT2D eigenvalue weighted by atomic mass is 9.88. The summed E-state index contributed by atoms with van der Waals surface area (Å²) < 4.78 is 5.58. The van der Waals surface area contributed by atoms with Crippen LogP contribution < -0.4 is 10.2 Å². The molecular formula is C32H30N4O4. The van der Waals surface area contributed by atoms with Crippen LogP contribution >= 0.6 is 0 Å². The number of fused-ring (bicyclic) bond motifs is 4. The topological polar surface area (TPSA) is 94.7 Å². The molecule has 0 aliphatic carbocycles. The predicted molar refractivity (Wildman–Crippen MR) is 151 cm³/mol. The van der Waals surface area contributed by atoms with Crippen molar-refractivity contribution in [3.63, 3.8) is 0 Å². The Morgan fingerprint density at radius 1 is 1.02 bits per heavy atom. The minimum Gasteiger partial charge on any atom is -0.376 e. The van der Waals surface area contributed by atoms with Crippen LogP contribution in [0.25, 0.3) is 10.9 Å². The smallest absolute Gasteiger partial charge is 0.332 e. The molecule has 4 amide bonds. The molecule has 2 N–H and O–H groups in total. The molecular weight excluding hydrogens is 504 g/mol. The Bertz CT molecular complexity index is 1620. The number of urea groups is 1. The Kier molecular flexibility index (Phi) is 5.93. The summed E-state index contributed by atoms with van der Waals surface area (Å²) in [5.74, 6) is -0.461. The van der Waals surface area contributed by atoms with E-state index in [1.165, 1.54) is 4.90 Å². The van der Waals surface area contributed by atoms with Gasteiger partial charge in [0, 0.05) is 41.7 Å². The van der Waals surface area contributed by atoms with Gasteiger partial charge in [-0.15, -0.1) is 0 Å². The molecule has 1 aromatic heterocycles. The lowest BCUT2D eigenvalue weighted by Gasteiger charge is -2.36. The van der Waals surface area contributed by atoms with Gasteiger partial charge in [-0.2, -0.15) is 0 Å². The van der Waals surface area contributed by atoms with Crippen LogP contribution in [0.2, 0.25) is 0 Å². The second-order valence-electron chi connectivity index (χ2n) is 10.9. The Morgan fingerprint density at radius 3 is 2.55 bits per heavy atom. The van der Waals surface area contributed by atoms with Crippen LogP contribution in [0.5, 0.6) is 0 Å². The first kappa shape index (κ1) is 24.6. The fourth-order valence-electron chi connectivity index (χ4n) is 6.28. The Hall–Kier alpha value is -4.43. The second kappa shape index (κ2) is 9.64. The standard InChI is InChI=1S/C32H30N4O4/c1-19-8-10-20(11-9-19)29-28-25(24-6-2-3-7-26(24)34-28)17-27-31(38)35(32(39)36(27)29)22-14-12-21(13-15-22)30(37)33-18-23-5-4-16-40-23/h2-3,6-15,23,27,29,34H,4-5,16-18H2,1H3,(H,33,37)/t23?,27-,29?/m0/s1. The molecule has 3 aliphatic heterocycles. The van der Waals surface area contributed by atoms with Gasteiger partial charge in [0.15, 0.2) is 0 Å². The van der Waals surface area contributed by atoms with Gasteiger partial charge in [-0.25, -0.2) is 9.69 Å². The van der Waals surface area contributed by atoms with Crippen molar-refractivity contribution in [1.29, 1.82) is 0 Å². The number of ether oxygens (including phenoxy) is 1. The first-order chi connectivity index (χ1) is 19.5. The van der Waals surface area contributed by atoms with Crippen LogP contribution in [0.15, 0.2) is 72.8 Å². The van der Waals surface area contributed by atoms with Crippen LogP contribution in [0.1, 0.15) is 51.6 Å². The number of carbonyl (C=O) groups is 3. The molecule has 2 fully saturated rings. The molecule has 4 heterocycles. The SMILES string of the molecule is Cc1ccc(C2c3[nH]c4ccccc4c3C[C@H]3C(=O)N(c4ccc(C(=O)NCC5CCCO5)cc4)C(=O)N23)cc1. The molecule has 0 saturated carbocycles. The van der Waals surface area contributed by atoms with Crippen LogP contribution in [0.3, 0.4) is 0 Å². The van der Waals surface area contributed by atoms with E-state index in [9.17, 15) is 14.4 Å². The Morgan fingerprint density at radius 2 is 1.80 bits per heavy atom. The number of nitrogens with zero attached hydrogens (tertiary/aromatic N) is 2. The number of anilines is 1. The summed E-state index contributed by atoms with van der Waals surface area (Å²) in [6.07, 6.45) is 2.45. The number of benzene rings is 3. The highest BCUT2D eigenvalue weighted by molar-refractivity contribution is 6.22. The summed E-state index contributed by atoms with van der Waals surface area (Å²) in [7, 11) is 0. The minimum atomic E-state index is -0.625. The van der Waals surface area contributed by atoms with Gasteiger partial charge in [-0.3, -0.25) is 14.5 Å².